The molecule has 2 N–H and O–H groups in total. The van der Waals surface area contributed by atoms with Gasteiger partial charge in [-0.2, -0.15) is 0 Å². The number of methoxy groups -OCH3 is 3. The van der Waals surface area contributed by atoms with Crippen molar-refractivity contribution in [2.45, 2.75) is 6.54 Å². The Kier molecular flexibility index (Phi) is 5.89. The SMILES string of the molecule is COc1cc(OC)c(CN)c(OC)c1.Cl. The Labute approximate surface area is 95.7 Å². The Morgan fingerprint density at radius 1 is 1.00 bits per heavy atom. The number of nitrogens with two attached hydrogens (primary N) is 1. The highest BCUT2D eigenvalue weighted by atomic mass is 35.5. The molecule has 1 aromatic rings. The van der Waals surface area contributed by atoms with Gasteiger partial charge in [-0.15, -0.1) is 12.4 Å². The summed E-state index contributed by atoms with van der Waals surface area (Å²) in [6.45, 7) is 0.371. The molecule has 86 valence electrons. The van der Waals surface area contributed by atoms with Crippen molar-refractivity contribution >= 4 is 12.4 Å². The number of rotatable bonds is 4. The highest BCUT2D eigenvalue weighted by Crippen LogP contribution is 2.33. The second-order valence-electron chi connectivity index (χ2n) is 2.71. The average molecular weight is 234 g/mol. The van der Waals surface area contributed by atoms with E-state index in [0.29, 0.717) is 23.8 Å². The maximum Gasteiger partial charge on any atom is 0.130 e. The van der Waals surface area contributed by atoms with Gasteiger partial charge >= 0.3 is 0 Å². The minimum Gasteiger partial charge on any atom is -0.496 e. The predicted molar refractivity (Wildman–Crippen MR) is 61.2 cm³/mol. The van der Waals surface area contributed by atoms with Crippen molar-refractivity contribution < 1.29 is 14.2 Å². The highest BCUT2D eigenvalue weighted by molar-refractivity contribution is 5.85. The maximum atomic E-state index is 5.59. The molecule has 0 aliphatic rings. The van der Waals surface area contributed by atoms with E-state index in [1.54, 1.807) is 33.5 Å². The topological polar surface area (TPSA) is 53.7 Å². The van der Waals surface area contributed by atoms with Gasteiger partial charge in [-0.25, -0.2) is 0 Å². The highest BCUT2D eigenvalue weighted by Gasteiger charge is 2.10. The first-order valence-corrected chi connectivity index (χ1v) is 4.25. The largest absolute Gasteiger partial charge is 0.496 e. The summed E-state index contributed by atoms with van der Waals surface area (Å²) < 4.78 is 15.5. The molecule has 0 spiro atoms. The molecule has 15 heavy (non-hydrogen) atoms. The monoisotopic (exact) mass is 233 g/mol. The van der Waals surface area contributed by atoms with Crippen LogP contribution in [0.1, 0.15) is 5.56 Å². The van der Waals surface area contributed by atoms with Crippen LogP contribution in [0.3, 0.4) is 0 Å². The molecule has 0 bridgehead atoms. The summed E-state index contributed by atoms with van der Waals surface area (Å²) in [7, 11) is 4.77. The summed E-state index contributed by atoms with van der Waals surface area (Å²) in [5.74, 6) is 2.06. The third-order valence-electron chi connectivity index (χ3n) is 2.02. The minimum atomic E-state index is 0. The molecule has 0 atom stereocenters. The van der Waals surface area contributed by atoms with Crippen molar-refractivity contribution in [3.63, 3.8) is 0 Å². The van der Waals surface area contributed by atoms with Crippen molar-refractivity contribution in [3.05, 3.63) is 17.7 Å². The lowest BCUT2D eigenvalue weighted by Crippen LogP contribution is -2.03. The van der Waals surface area contributed by atoms with Gasteiger partial charge < -0.3 is 19.9 Å². The summed E-state index contributed by atoms with van der Waals surface area (Å²) in [4.78, 5) is 0. The summed E-state index contributed by atoms with van der Waals surface area (Å²) >= 11 is 0. The lowest BCUT2D eigenvalue weighted by molar-refractivity contribution is 0.369. The molecular formula is C10H16ClNO3. The smallest absolute Gasteiger partial charge is 0.130 e. The van der Waals surface area contributed by atoms with E-state index in [0.717, 1.165) is 5.56 Å². The van der Waals surface area contributed by atoms with Crippen LogP contribution in [0, 0.1) is 0 Å². The van der Waals surface area contributed by atoms with E-state index < -0.39 is 0 Å². The van der Waals surface area contributed by atoms with Gasteiger partial charge in [0.25, 0.3) is 0 Å². The van der Waals surface area contributed by atoms with E-state index in [4.69, 9.17) is 19.9 Å². The summed E-state index contributed by atoms with van der Waals surface area (Å²) in [5.41, 5.74) is 6.44. The summed E-state index contributed by atoms with van der Waals surface area (Å²) in [6, 6.07) is 3.56. The normalized spacial score (nSPS) is 9.07. The quantitative estimate of drug-likeness (QED) is 0.858. The standard InChI is InChI=1S/C10H15NO3.ClH/c1-12-7-4-9(13-2)8(6-11)10(5-7)14-3;/h4-5H,6,11H2,1-3H3;1H. The fourth-order valence-electron chi connectivity index (χ4n) is 1.28. The molecule has 0 saturated carbocycles. The Morgan fingerprint density at radius 3 is 1.73 bits per heavy atom. The zero-order valence-electron chi connectivity index (χ0n) is 9.07. The van der Waals surface area contributed by atoms with E-state index in [1.165, 1.54) is 0 Å². The van der Waals surface area contributed by atoms with E-state index in [1.807, 2.05) is 0 Å². The molecule has 0 saturated heterocycles. The second-order valence-corrected chi connectivity index (χ2v) is 2.71. The van der Waals surface area contributed by atoms with Gasteiger partial charge in [0.2, 0.25) is 0 Å². The zero-order valence-corrected chi connectivity index (χ0v) is 9.89. The van der Waals surface area contributed by atoms with Crippen molar-refractivity contribution in [2.75, 3.05) is 21.3 Å². The fourth-order valence-corrected chi connectivity index (χ4v) is 1.28. The molecule has 0 unspecified atom stereocenters. The van der Waals surface area contributed by atoms with Gasteiger partial charge in [0, 0.05) is 24.2 Å². The van der Waals surface area contributed by atoms with Crippen LogP contribution in [0.25, 0.3) is 0 Å². The second kappa shape index (κ2) is 6.37. The van der Waals surface area contributed by atoms with Crippen molar-refractivity contribution in [1.82, 2.24) is 0 Å². The Morgan fingerprint density at radius 2 is 1.47 bits per heavy atom. The van der Waals surface area contributed by atoms with Crippen LogP contribution in [0.4, 0.5) is 0 Å². The van der Waals surface area contributed by atoms with Crippen LogP contribution in [0.5, 0.6) is 17.2 Å². The average Bonchev–Trinajstić information content (AvgIpc) is 2.26. The molecule has 4 nitrogen and oxygen atoms in total. The molecule has 0 aliphatic heterocycles. The van der Waals surface area contributed by atoms with Gasteiger partial charge in [-0.1, -0.05) is 0 Å². The number of halogens is 1. The third kappa shape index (κ3) is 2.91. The minimum absolute atomic E-state index is 0. The Bertz CT molecular complexity index is 293. The molecule has 0 aromatic heterocycles. The van der Waals surface area contributed by atoms with Gasteiger partial charge in [0.05, 0.1) is 21.3 Å². The molecule has 0 amide bonds. The van der Waals surface area contributed by atoms with Gasteiger partial charge in [-0.05, 0) is 0 Å². The van der Waals surface area contributed by atoms with Crippen LogP contribution in [0.15, 0.2) is 12.1 Å². The molecule has 0 radical (unpaired) electrons. The molecule has 0 heterocycles. The van der Waals surface area contributed by atoms with Gasteiger partial charge in [0.15, 0.2) is 0 Å². The van der Waals surface area contributed by atoms with E-state index in [-0.39, 0.29) is 12.4 Å². The molecular weight excluding hydrogens is 218 g/mol. The lowest BCUT2D eigenvalue weighted by Gasteiger charge is -2.13. The van der Waals surface area contributed by atoms with Crippen LogP contribution < -0.4 is 19.9 Å². The van der Waals surface area contributed by atoms with Crippen molar-refractivity contribution in [1.29, 1.82) is 0 Å². The number of ether oxygens (including phenoxy) is 3. The first kappa shape index (κ1) is 13.9. The first-order chi connectivity index (χ1) is 6.76. The van der Waals surface area contributed by atoms with Crippen molar-refractivity contribution in [3.8, 4) is 17.2 Å². The van der Waals surface area contributed by atoms with Gasteiger partial charge in [0.1, 0.15) is 17.2 Å². The van der Waals surface area contributed by atoms with Crippen LogP contribution >= 0.6 is 12.4 Å². The summed E-state index contributed by atoms with van der Waals surface area (Å²) in [5, 5.41) is 0. The van der Waals surface area contributed by atoms with Gasteiger partial charge in [-0.3, -0.25) is 0 Å². The third-order valence-corrected chi connectivity index (χ3v) is 2.02. The van der Waals surface area contributed by atoms with Crippen LogP contribution in [-0.4, -0.2) is 21.3 Å². The predicted octanol–water partition coefficient (Wildman–Crippen LogP) is 1.59. The van der Waals surface area contributed by atoms with Crippen molar-refractivity contribution in [2.24, 2.45) is 5.73 Å². The first-order valence-electron chi connectivity index (χ1n) is 4.25. The number of hydrogen-bond donors (Lipinski definition) is 1. The summed E-state index contributed by atoms with van der Waals surface area (Å²) in [6.07, 6.45) is 0. The van der Waals surface area contributed by atoms with Crippen LogP contribution in [0.2, 0.25) is 0 Å². The Balaban J connectivity index is 0.00000196. The van der Waals surface area contributed by atoms with E-state index in [2.05, 4.69) is 0 Å². The molecule has 5 heteroatoms. The zero-order chi connectivity index (χ0) is 10.6. The maximum absolute atomic E-state index is 5.59. The molecule has 0 fully saturated rings. The van der Waals surface area contributed by atoms with Crippen LogP contribution in [-0.2, 0) is 6.54 Å². The fraction of sp³-hybridized carbons (Fsp3) is 0.400. The molecule has 1 aromatic carbocycles. The Hall–Kier alpha value is -1.13. The lowest BCUT2D eigenvalue weighted by atomic mass is 10.1. The number of hydrogen-bond acceptors (Lipinski definition) is 4. The van der Waals surface area contributed by atoms with E-state index in [9.17, 15) is 0 Å². The molecule has 0 aliphatic carbocycles. The van der Waals surface area contributed by atoms with E-state index >= 15 is 0 Å². The number of benzene rings is 1. The molecule has 1 rings (SSSR count).